The second-order valence-corrected chi connectivity index (χ2v) is 8.55. The average molecular weight is 397 g/mol. The Morgan fingerprint density at radius 2 is 1.82 bits per heavy atom. The largest absolute Gasteiger partial charge is 0.377 e. The molecule has 1 atom stereocenters. The molecule has 1 amide bonds. The lowest BCUT2D eigenvalue weighted by molar-refractivity contribution is 0.102. The lowest BCUT2D eigenvalue weighted by Crippen LogP contribution is -2.29. The number of nitrogens with zero attached hydrogens (tertiary/aromatic N) is 1. The van der Waals surface area contributed by atoms with Crippen LogP contribution in [0.25, 0.3) is 0 Å². The van der Waals surface area contributed by atoms with E-state index in [1.165, 1.54) is 24.9 Å². The summed E-state index contributed by atoms with van der Waals surface area (Å²) in [6, 6.07) is 16.1. The van der Waals surface area contributed by atoms with Crippen molar-refractivity contribution < 1.29 is 9.53 Å². The molecule has 0 unspecified atom stereocenters. The van der Waals surface area contributed by atoms with Crippen LogP contribution in [-0.4, -0.2) is 37.5 Å². The van der Waals surface area contributed by atoms with Gasteiger partial charge in [0.05, 0.1) is 11.7 Å². The van der Waals surface area contributed by atoms with Crippen molar-refractivity contribution >= 4 is 29.0 Å². The van der Waals surface area contributed by atoms with Crippen LogP contribution in [0.2, 0.25) is 0 Å². The Morgan fingerprint density at radius 1 is 1.04 bits per heavy atom. The van der Waals surface area contributed by atoms with E-state index in [1.54, 1.807) is 11.8 Å². The molecule has 0 radical (unpaired) electrons. The van der Waals surface area contributed by atoms with Crippen molar-refractivity contribution in [2.45, 2.75) is 43.1 Å². The van der Waals surface area contributed by atoms with E-state index in [4.69, 9.17) is 4.74 Å². The molecule has 2 saturated heterocycles. The Balaban J connectivity index is 1.39. The first-order valence-electron chi connectivity index (χ1n) is 10.3. The molecule has 1 N–H and O–H groups in total. The maximum absolute atomic E-state index is 12.9. The van der Waals surface area contributed by atoms with Crippen LogP contribution in [0.4, 0.5) is 11.4 Å². The maximum atomic E-state index is 12.9. The van der Waals surface area contributed by atoms with Crippen molar-refractivity contribution in [2.24, 2.45) is 0 Å². The number of hydrogen-bond donors (Lipinski definition) is 1. The van der Waals surface area contributed by atoms with Crippen LogP contribution in [0.5, 0.6) is 0 Å². The molecular weight excluding hydrogens is 368 g/mol. The summed E-state index contributed by atoms with van der Waals surface area (Å²) in [6.07, 6.45) is 6.42. The molecule has 148 valence electrons. The van der Waals surface area contributed by atoms with Gasteiger partial charge in [0.15, 0.2) is 0 Å². The number of benzene rings is 2. The number of amides is 1. The van der Waals surface area contributed by atoms with Crippen molar-refractivity contribution in [1.29, 1.82) is 0 Å². The molecule has 4 nitrogen and oxygen atoms in total. The lowest BCUT2D eigenvalue weighted by Gasteiger charge is -2.28. The van der Waals surface area contributed by atoms with E-state index in [-0.39, 0.29) is 5.91 Å². The molecule has 0 spiro atoms. The molecule has 2 aliphatic rings. The number of piperidine rings is 1. The number of carbonyl (C=O) groups is 1. The summed E-state index contributed by atoms with van der Waals surface area (Å²) in [4.78, 5) is 16.3. The van der Waals surface area contributed by atoms with Crippen LogP contribution in [0.3, 0.4) is 0 Å². The highest BCUT2D eigenvalue weighted by atomic mass is 32.2. The minimum Gasteiger partial charge on any atom is -0.377 e. The molecule has 0 saturated carbocycles. The van der Waals surface area contributed by atoms with Gasteiger partial charge in [-0.05, 0) is 68.5 Å². The van der Waals surface area contributed by atoms with Crippen LogP contribution < -0.4 is 10.2 Å². The molecule has 5 heteroatoms. The van der Waals surface area contributed by atoms with Crippen molar-refractivity contribution in [3.8, 4) is 0 Å². The van der Waals surface area contributed by atoms with E-state index in [1.807, 2.05) is 36.4 Å². The number of ether oxygens (including phenoxy) is 1. The van der Waals surface area contributed by atoms with E-state index in [0.717, 1.165) is 54.4 Å². The van der Waals surface area contributed by atoms with Crippen molar-refractivity contribution in [3.05, 3.63) is 54.1 Å². The molecule has 4 rings (SSSR count). The van der Waals surface area contributed by atoms with Crippen LogP contribution in [0.1, 0.15) is 42.5 Å². The molecule has 0 bridgehead atoms. The van der Waals surface area contributed by atoms with E-state index >= 15 is 0 Å². The summed E-state index contributed by atoms with van der Waals surface area (Å²) in [5.41, 5.74) is 2.81. The van der Waals surface area contributed by atoms with Gasteiger partial charge >= 0.3 is 0 Å². The summed E-state index contributed by atoms with van der Waals surface area (Å²) in [7, 11) is 0. The van der Waals surface area contributed by atoms with E-state index in [9.17, 15) is 4.79 Å². The van der Waals surface area contributed by atoms with Gasteiger partial charge in [-0.3, -0.25) is 4.79 Å². The molecule has 28 heavy (non-hydrogen) atoms. The number of hydrogen-bond acceptors (Lipinski definition) is 4. The van der Waals surface area contributed by atoms with Gasteiger partial charge in [0.25, 0.3) is 5.91 Å². The molecule has 2 aromatic rings. The third-order valence-electron chi connectivity index (χ3n) is 5.43. The van der Waals surface area contributed by atoms with Gasteiger partial charge in [-0.25, -0.2) is 0 Å². The highest BCUT2D eigenvalue weighted by Crippen LogP contribution is 2.28. The minimum absolute atomic E-state index is 0.0545. The van der Waals surface area contributed by atoms with Crippen LogP contribution >= 0.6 is 11.8 Å². The Labute approximate surface area is 171 Å². The molecule has 2 aromatic carbocycles. The standard InChI is InChI=1S/C23H28N2O2S/c26-23(21-8-2-3-9-22(21)28-17-20-7-6-16-27-20)24-18-10-12-19(13-11-18)25-14-4-1-5-15-25/h2-3,8-13,20H,1,4-7,14-17H2,(H,24,26)/t20-/m0/s1. The first kappa shape index (κ1) is 19.3. The molecule has 2 aliphatic heterocycles. The quantitative estimate of drug-likeness (QED) is 0.682. The Kier molecular flexibility index (Phi) is 6.55. The van der Waals surface area contributed by atoms with Gasteiger partial charge < -0.3 is 15.0 Å². The Morgan fingerprint density at radius 3 is 2.57 bits per heavy atom. The summed E-state index contributed by atoms with van der Waals surface area (Å²) in [5.74, 6) is 0.843. The van der Waals surface area contributed by atoms with Gasteiger partial charge in [-0.2, -0.15) is 0 Å². The topological polar surface area (TPSA) is 41.6 Å². The Hall–Kier alpha value is -1.98. The number of thioether (sulfide) groups is 1. The van der Waals surface area contributed by atoms with Crippen LogP contribution in [-0.2, 0) is 4.74 Å². The normalized spacial score (nSPS) is 19.6. The molecular formula is C23H28N2O2S. The highest BCUT2D eigenvalue weighted by Gasteiger charge is 2.18. The first-order valence-corrected chi connectivity index (χ1v) is 11.3. The van der Waals surface area contributed by atoms with Gasteiger partial charge in [-0.1, -0.05) is 12.1 Å². The fourth-order valence-corrected chi connectivity index (χ4v) is 4.96. The SMILES string of the molecule is O=C(Nc1ccc(N2CCCCC2)cc1)c1ccccc1SC[C@@H]1CCCO1. The van der Waals surface area contributed by atoms with Crippen molar-refractivity contribution in [1.82, 2.24) is 0 Å². The predicted octanol–water partition coefficient (Wildman–Crippen LogP) is 5.20. The monoisotopic (exact) mass is 396 g/mol. The average Bonchev–Trinajstić information content (AvgIpc) is 3.27. The zero-order chi connectivity index (χ0) is 19.2. The summed E-state index contributed by atoms with van der Waals surface area (Å²) in [5, 5.41) is 3.05. The smallest absolute Gasteiger partial charge is 0.256 e. The molecule has 0 aromatic heterocycles. The van der Waals surface area contributed by atoms with Crippen molar-refractivity contribution in [3.63, 3.8) is 0 Å². The number of rotatable bonds is 6. The Bertz CT molecular complexity index is 781. The lowest BCUT2D eigenvalue weighted by atomic mass is 10.1. The molecule has 2 heterocycles. The van der Waals surface area contributed by atoms with Crippen LogP contribution in [0, 0.1) is 0 Å². The fourth-order valence-electron chi connectivity index (χ4n) is 3.84. The predicted molar refractivity (Wildman–Crippen MR) is 117 cm³/mol. The molecule has 0 aliphatic carbocycles. The second kappa shape index (κ2) is 9.48. The summed E-state index contributed by atoms with van der Waals surface area (Å²) < 4.78 is 5.71. The van der Waals surface area contributed by atoms with Crippen LogP contribution in [0.15, 0.2) is 53.4 Å². The summed E-state index contributed by atoms with van der Waals surface area (Å²) in [6.45, 7) is 3.11. The minimum atomic E-state index is -0.0545. The zero-order valence-corrected chi connectivity index (χ0v) is 17.0. The third kappa shape index (κ3) is 4.89. The fraction of sp³-hybridized carbons (Fsp3) is 0.435. The van der Waals surface area contributed by atoms with Gasteiger partial charge in [0.2, 0.25) is 0 Å². The molecule has 2 fully saturated rings. The highest BCUT2D eigenvalue weighted by molar-refractivity contribution is 7.99. The maximum Gasteiger partial charge on any atom is 0.256 e. The van der Waals surface area contributed by atoms with E-state index < -0.39 is 0 Å². The second-order valence-electron chi connectivity index (χ2n) is 7.49. The number of anilines is 2. The first-order chi connectivity index (χ1) is 13.8. The van der Waals surface area contributed by atoms with Crippen molar-refractivity contribution in [2.75, 3.05) is 35.7 Å². The number of nitrogens with one attached hydrogen (secondary N) is 1. The van der Waals surface area contributed by atoms with E-state index in [0.29, 0.717) is 6.10 Å². The summed E-state index contributed by atoms with van der Waals surface area (Å²) >= 11 is 1.71. The zero-order valence-electron chi connectivity index (χ0n) is 16.2. The van der Waals surface area contributed by atoms with Gasteiger partial charge in [0, 0.05) is 41.7 Å². The van der Waals surface area contributed by atoms with Gasteiger partial charge in [-0.15, -0.1) is 11.8 Å². The van der Waals surface area contributed by atoms with E-state index in [2.05, 4.69) is 22.3 Å². The number of carbonyl (C=O) groups excluding carboxylic acids is 1. The van der Waals surface area contributed by atoms with Gasteiger partial charge in [0.1, 0.15) is 0 Å². The third-order valence-corrected chi connectivity index (χ3v) is 6.63.